The van der Waals surface area contributed by atoms with Crippen LogP contribution in [0.25, 0.3) is 11.0 Å². The first-order chi connectivity index (χ1) is 10.8. The smallest absolute Gasteiger partial charge is 0.254 e. The maximum absolute atomic E-state index is 13.4. The average molecular weight is 344 g/mol. The van der Waals surface area contributed by atoms with Crippen molar-refractivity contribution in [2.75, 3.05) is 5.32 Å². The zero-order valence-corrected chi connectivity index (χ0v) is 12.7. The summed E-state index contributed by atoms with van der Waals surface area (Å²) in [5.74, 6) is -3.84. The fourth-order valence-electron chi connectivity index (χ4n) is 3.51. The van der Waals surface area contributed by atoms with Crippen molar-refractivity contribution in [1.82, 2.24) is 9.97 Å². The molecule has 4 rings (SSSR count). The van der Waals surface area contributed by atoms with Crippen molar-refractivity contribution in [2.24, 2.45) is 11.3 Å². The van der Waals surface area contributed by atoms with Gasteiger partial charge in [0.1, 0.15) is 5.82 Å². The van der Waals surface area contributed by atoms with Gasteiger partial charge in [0, 0.05) is 23.8 Å². The van der Waals surface area contributed by atoms with Gasteiger partial charge in [0.05, 0.1) is 16.1 Å². The minimum absolute atomic E-state index is 0.0597. The Kier molecular flexibility index (Phi) is 2.98. The summed E-state index contributed by atoms with van der Waals surface area (Å²) in [7, 11) is 0. The largest absolute Gasteiger partial charge is 0.324 e. The Hall–Kier alpha value is -1.76. The lowest BCUT2D eigenvalue weighted by molar-refractivity contribution is -0.119. The third kappa shape index (κ3) is 2.29. The number of aromatic nitrogens is 2. The van der Waals surface area contributed by atoms with Crippen LogP contribution < -0.4 is 5.32 Å². The Morgan fingerprint density at radius 2 is 2.17 bits per heavy atom. The molecule has 0 saturated heterocycles. The number of aromatic amines is 1. The van der Waals surface area contributed by atoms with Gasteiger partial charge in [-0.05, 0) is 25.3 Å². The summed E-state index contributed by atoms with van der Waals surface area (Å²) in [6.45, 7) is 0. The first-order valence-electron chi connectivity index (χ1n) is 7.33. The Balaban J connectivity index is 1.49. The number of hydrogen-bond acceptors (Lipinski definition) is 2. The molecule has 1 heterocycles. The number of imidazole rings is 1. The molecule has 0 bridgehead atoms. The minimum Gasteiger partial charge on any atom is -0.324 e. The molecule has 0 radical (unpaired) electrons. The summed E-state index contributed by atoms with van der Waals surface area (Å²) < 4.78 is 40.1. The molecule has 4 nitrogen and oxygen atoms in total. The van der Waals surface area contributed by atoms with E-state index in [0.717, 1.165) is 0 Å². The van der Waals surface area contributed by atoms with Crippen molar-refractivity contribution in [3.8, 4) is 0 Å². The maximum atomic E-state index is 13.4. The van der Waals surface area contributed by atoms with Crippen LogP contribution >= 0.6 is 11.6 Å². The highest BCUT2D eigenvalue weighted by Gasteiger charge is 2.72. The number of fused-ring (bicyclic) bond motifs is 1. The van der Waals surface area contributed by atoms with E-state index >= 15 is 0 Å². The average Bonchev–Trinajstić information content (AvgIpc) is 2.84. The summed E-state index contributed by atoms with van der Waals surface area (Å²) in [5.41, 5.74) is -0.151. The summed E-state index contributed by atoms with van der Waals surface area (Å²) >= 11 is 5.68. The zero-order valence-electron chi connectivity index (χ0n) is 11.9. The number of benzene rings is 1. The number of carbonyl (C=O) groups is 1. The van der Waals surface area contributed by atoms with Gasteiger partial charge < -0.3 is 4.98 Å². The van der Waals surface area contributed by atoms with Gasteiger partial charge in [-0.25, -0.2) is 18.2 Å². The number of halogens is 4. The standard InChI is InChI=1S/C15H13ClF3N3O/c16-8-3-10-11(4-9(8)17)21-13(20-10)22-12(23)7-1-2-14(5-7)6-15(14,18)19/h3-4,7H,1-2,5-6H2,(H2,20,21,22,23). The molecular weight excluding hydrogens is 331 g/mol. The second-order valence-electron chi connectivity index (χ2n) is 6.46. The molecule has 1 amide bonds. The number of nitrogens with zero attached hydrogens (tertiary/aromatic N) is 1. The van der Waals surface area contributed by atoms with E-state index in [1.807, 2.05) is 0 Å². The first kappa shape index (κ1) is 14.8. The molecular formula is C15H13ClF3N3O. The van der Waals surface area contributed by atoms with E-state index in [-0.39, 0.29) is 29.7 Å². The Labute approximate surface area is 134 Å². The number of nitrogens with one attached hydrogen (secondary N) is 2. The number of anilines is 1. The lowest BCUT2D eigenvalue weighted by Crippen LogP contribution is -2.22. The van der Waals surface area contributed by atoms with Crippen LogP contribution in [0.4, 0.5) is 19.1 Å². The molecule has 2 unspecified atom stereocenters. The van der Waals surface area contributed by atoms with E-state index in [4.69, 9.17) is 11.6 Å². The van der Waals surface area contributed by atoms with Crippen molar-refractivity contribution in [1.29, 1.82) is 0 Å². The van der Waals surface area contributed by atoms with Crippen LogP contribution in [0.3, 0.4) is 0 Å². The van der Waals surface area contributed by atoms with E-state index in [1.54, 1.807) is 0 Å². The highest BCUT2D eigenvalue weighted by atomic mass is 35.5. The van der Waals surface area contributed by atoms with E-state index < -0.39 is 23.1 Å². The van der Waals surface area contributed by atoms with Gasteiger partial charge in [0.2, 0.25) is 11.9 Å². The quantitative estimate of drug-likeness (QED) is 0.861. The van der Waals surface area contributed by atoms with Crippen molar-refractivity contribution >= 4 is 34.5 Å². The molecule has 2 fully saturated rings. The second-order valence-corrected chi connectivity index (χ2v) is 6.87. The van der Waals surface area contributed by atoms with Crippen molar-refractivity contribution in [2.45, 2.75) is 31.6 Å². The van der Waals surface area contributed by atoms with Crippen LogP contribution in [0.2, 0.25) is 5.02 Å². The van der Waals surface area contributed by atoms with Gasteiger partial charge in [-0.2, -0.15) is 0 Å². The summed E-state index contributed by atoms with van der Waals surface area (Å²) in [5, 5.41) is 2.53. The summed E-state index contributed by atoms with van der Waals surface area (Å²) in [6, 6.07) is 2.54. The van der Waals surface area contributed by atoms with Crippen molar-refractivity contribution in [3.63, 3.8) is 0 Å². The Morgan fingerprint density at radius 1 is 1.43 bits per heavy atom. The number of H-pyrrole nitrogens is 1. The molecule has 2 aliphatic rings. The van der Waals surface area contributed by atoms with Crippen molar-refractivity contribution in [3.05, 3.63) is 23.0 Å². The second kappa shape index (κ2) is 4.63. The number of alkyl halides is 2. The SMILES string of the molecule is O=C(Nc1nc2cc(Cl)c(F)cc2[nH]1)C1CCC2(C1)CC2(F)F. The fourth-order valence-corrected chi connectivity index (χ4v) is 3.66. The number of hydrogen-bond donors (Lipinski definition) is 2. The van der Waals surface area contributed by atoms with Gasteiger partial charge in [0.25, 0.3) is 5.92 Å². The third-order valence-corrected chi connectivity index (χ3v) is 5.25. The van der Waals surface area contributed by atoms with Gasteiger partial charge >= 0.3 is 0 Å². The first-order valence-corrected chi connectivity index (χ1v) is 7.71. The molecule has 8 heteroatoms. The van der Waals surface area contributed by atoms with Gasteiger partial charge in [-0.15, -0.1) is 0 Å². The van der Waals surface area contributed by atoms with Crippen LogP contribution in [-0.2, 0) is 4.79 Å². The highest BCUT2D eigenvalue weighted by molar-refractivity contribution is 6.31. The Morgan fingerprint density at radius 3 is 2.83 bits per heavy atom. The molecule has 23 heavy (non-hydrogen) atoms. The molecule has 2 atom stereocenters. The normalized spacial score (nSPS) is 28.4. The topological polar surface area (TPSA) is 57.8 Å². The number of carbonyl (C=O) groups excluding carboxylic acids is 1. The fraction of sp³-hybridized carbons (Fsp3) is 0.467. The molecule has 2 aliphatic carbocycles. The lowest BCUT2D eigenvalue weighted by Gasteiger charge is -2.10. The Bertz CT molecular complexity index is 783. The predicted octanol–water partition coefficient (Wildman–Crippen LogP) is 4.12. The van der Waals surface area contributed by atoms with Crippen molar-refractivity contribution < 1.29 is 18.0 Å². The zero-order chi connectivity index (χ0) is 16.4. The van der Waals surface area contributed by atoms with Crippen LogP contribution in [0, 0.1) is 17.2 Å². The molecule has 2 saturated carbocycles. The van der Waals surface area contributed by atoms with Gasteiger partial charge in [-0.3, -0.25) is 10.1 Å². The molecule has 1 spiro atoms. The van der Waals surface area contributed by atoms with E-state index in [0.29, 0.717) is 23.9 Å². The molecule has 122 valence electrons. The number of amides is 1. The molecule has 1 aromatic heterocycles. The van der Waals surface area contributed by atoms with Crippen LogP contribution in [0.1, 0.15) is 25.7 Å². The minimum atomic E-state index is -2.63. The summed E-state index contributed by atoms with van der Waals surface area (Å²) in [4.78, 5) is 19.1. The van der Waals surface area contributed by atoms with Gasteiger partial charge in [0.15, 0.2) is 0 Å². The van der Waals surface area contributed by atoms with Gasteiger partial charge in [-0.1, -0.05) is 11.6 Å². The third-order valence-electron chi connectivity index (χ3n) is 4.96. The van der Waals surface area contributed by atoms with Crippen LogP contribution in [0.15, 0.2) is 12.1 Å². The van der Waals surface area contributed by atoms with E-state index in [1.165, 1.54) is 12.1 Å². The molecule has 2 N–H and O–H groups in total. The molecule has 1 aromatic carbocycles. The molecule has 0 aliphatic heterocycles. The molecule has 2 aromatic rings. The van der Waals surface area contributed by atoms with E-state index in [2.05, 4.69) is 15.3 Å². The highest BCUT2D eigenvalue weighted by Crippen LogP contribution is 2.69. The maximum Gasteiger partial charge on any atom is 0.254 e. The predicted molar refractivity (Wildman–Crippen MR) is 79.0 cm³/mol. The van der Waals surface area contributed by atoms with Crippen LogP contribution in [0.5, 0.6) is 0 Å². The number of rotatable bonds is 2. The summed E-state index contributed by atoms with van der Waals surface area (Å²) in [6.07, 6.45) is 0.903. The van der Waals surface area contributed by atoms with E-state index in [9.17, 15) is 18.0 Å². The van der Waals surface area contributed by atoms with Crippen LogP contribution in [-0.4, -0.2) is 21.8 Å². The monoisotopic (exact) mass is 343 g/mol. The lowest BCUT2D eigenvalue weighted by atomic mass is 10.0.